The molecule has 1 saturated heterocycles. The van der Waals surface area contributed by atoms with E-state index in [0.717, 1.165) is 80.3 Å². The molecule has 1 aliphatic carbocycles. The zero-order valence-corrected chi connectivity index (χ0v) is 26.1. The molecule has 3 aromatic rings. The Bertz CT molecular complexity index is 1460. The SMILES string of the molecule is C=C(CN1CCC(c2cccc(OCc3ccc(Cl)cc3F)n2)CC1)N(C[C@@H]1CC1COC)c1cc(C(C)=O)ccc1C. The molecule has 5 rings (SSSR count). The number of nitrogens with zero attached hydrogens (tertiary/aromatic N) is 3. The molecule has 1 unspecified atom stereocenters. The van der Waals surface area contributed by atoms with Crippen LogP contribution in [0.4, 0.5) is 10.1 Å². The van der Waals surface area contributed by atoms with E-state index in [9.17, 15) is 9.18 Å². The molecule has 8 heteroatoms. The maximum atomic E-state index is 14.2. The van der Waals surface area contributed by atoms with Crippen LogP contribution in [0.15, 0.2) is 66.9 Å². The molecule has 0 amide bonds. The summed E-state index contributed by atoms with van der Waals surface area (Å²) in [6.07, 6.45) is 3.11. The summed E-state index contributed by atoms with van der Waals surface area (Å²) in [5.74, 6) is 1.63. The fraction of sp³-hybridized carbons (Fsp3) is 0.429. The minimum absolute atomic E-state index is 0.0674. The molecule has 2 heterocycles. The van der Waals surface area contributed by atoms with E-state index in [2.05, 4.69) is 23.3 Å². The van der Waals surface area contributed by atoms with Gasteiger partial charge >= 0.3 is 0 Å². The van der Waals surface area contributed by atoms with Crippen molar-refractivity contribution >= 4 is 23.1 Å². The number of carbonyl (C=O) groups is 1. The second-order valence-corrected chi connectivity index (χ2v) is 12.4. The molecule has 2 aliphatic rings. The summed E-state index contributed by atoms with van der Waals surface area (Å²) < 4.78 is 25.4. The van der Waals surface area contributed by atoms with Crippen LogP contribution in [0, 0.1) is 24.6 Å². The molecule has 228 valence electrons. The fourth-order valence-electron chi connectivity index (χ4n) is 5.96. The van der Waals surface area contributed by atoms with Crippen LogP contribution in [-0.2, 0) is 11.3 Å². The summed E-state index contributed by atoms with van der Waals surface area (Å²) >= 11 is 5.86. The number of aromatic nitrogens is 1. The normalized spacial score (nSPS) is 18.8. The van der Waals surface area contributed by atoms with E-state index in [1.54, 1.807) is 26.2 Å². The van der Waals surface area contributed by atoms with Crippen molar-refractivity contribution in [2.75, 3.05) is 44.8 Å². The van der Waals surface area contributed by atoms with E-state index >= 15 is 0 Å². The van der Waals surface area contributed by atoms with Crippen molar-refractivity contribution in [2.45, 2.75) is 45.6 Å². The monoisotopic (exact) mass is 605 g/mol. The molecule has 2 atom stereocenters. The number of ketones is 1. The molecule has 0 bridgehead atoms. The number of Topliss-reactive ketones (excluding diaryl/α,β-unsaturated/α-hetero) is 1. The van der Waals surface area contributed by atoms with Crippen molar-refractivity contribution in [2.24, 2.45) is 11.8 Å². The first-order chi connectivity index (χ1) is 20.7. The smallest absolute Gasteiger partial charge is 0.213 e. The average molecular weight is 606 g/mol. The lowest BCUT2D eigenvalue weighted by Crippen LogP contribution is -2.39. The van der Waals surface area contributed by atoms with Crippen molar-refractivity contribution in [1.29, 1.82) is 0 Å². The molecule has 6 nitrogen and oxygen atoms in total. The number of benzene rings is 2. The van der Waals surface area contributed by atoms with Gasteiger partial charge in [0.2, 0.25) is 5.88 Å². The minimum Gasteiger partial charge on any atom is -0.473 e. The number of aryl methyl sites for hydroxylation is 1. The Kier molecular flexibility index (Phi) is 10.2. The summed E-state index contributed by atoms with van der Waals surface area (Å²) in [6.45, 7) is 12.6. The molecule has 0 N–H and O–H groups in total. The third-order valence-electron chi connectivity index (χ3n) is 8.70. The molecule has 0 radical (unpaired) electrons. The van der Waals surface area contributed by atoms with E-state index in [0.29, 0.717) is 34.2 Å². The fourth-order valence-corrected chi connectivity index (χ4v) is 6.12. The van der Waals surface area contributed by atoms with Crippen LogP contribution in [0.1, 0.15) is 59.3 Å². The lowest BCUT2D eigenvalue weighted by Gasteiger charge is -2.36. The quantitative estimate of drug-likeness (QED) is 0.189. The summed E-state index contributed by atoms with van der Waals surface area (Å²) in [5, 5.41) is 0.361. The van der Waals surface area contributed by atoms with Gasteiger partial charge < -0.3 is 14.4 Å². The zero-order valence-electron chi connectivity index (χ0n) is 25.3. The standard InChI is InChI=1S/C35H41ClFN3O3/c1-23-8-9-27(25(3)41)17-34(23)40(20-29-16-30(29)21-42-4)24(2)19-39-14-12-26(13-15-39)33-6-5-7-35(38-33)43-22-28-10-11-31(36)18-32(28)37/h5-11,17-18,26,29-30H,2,12-16,19-22H2,1,3-4H3/t29-,30?/m0/s1. The third-order valence-corrected chi connectivity index (χ3v) is 8.94. The second-order valence-electron chi connectivity index (χ2n) is 11.9. The minimum atomic E-state index is -0.384. The van der Waals surface area contributed by atoms with Crippen molar-refractivity contribution in [1.82, 2.24) is 9.88 Å². The zero-order chi connectivity index (χ0) is 30.5. The molecule has 0 spiro atoms. The Morgan fingerprint density at radius 3 is 2.65 bits per heavy atom. The average Bonchev–Trinajstić information content (AvgIpc) is 3.73. The molecule has 43 heavy (non-hydrogen) atoms. The highest BCUT2D eigenvalue weighted by atomic mass is 35.5. The van der Waals surface area contributed by atoms with Gasteiger partial charge in [0.15, 0.2) is 5.78 Å². The molecule has 1 aromatic heterocycles. The van der Waals surface area contributed by atoms with E-state index in [4.69, 9.17) is 26.1 Å². The van der Waals surface area contributed by atoms with Crippen LogP contribution in [-0.4, -0.2) is 55.6 Å². The summed E-state index contributed by atoms with van der Waals surface area (Å²) in [6, 6.07) is 16.4. The molecule has 2 fully saturated rings. The van der Waals surface area contributed by atoms with E-state index < -0.39 is 0 Å². The first-order valence-electron chi connectivity index (χ1n) is 15.0. The van der Waals surface area contributed by atoms with Crippen LogP contribution < -0.4 is 9.64 Å². The Balaban J connectivity index is 1.20. The maximum absolute atomic E-state index is 14.2. The van der Waals surface area contributed by atoms with Crippen LogP contribution in [0.3, 0.4) is 0 Å². The summed E-state index contributed by atoms with van der Waals surface area (Å²) in [7, 11) is 1.76. The number of anilines is 1. The highest BCUT2D eigenvalue weighted by molar-refractivity contribution is 6.30. The third kappa shape index (κ3) is 8.02. The van der Waals surface area contributed by atoms with E-state index in [-0.39, 0.29) is 18.2 Å². The lowest BCUT2D eigenvalue weighted by molar-refractivity contribution is 0.101. The highest BCUT2D eigenvalue weighted by Gasteiger charge is 2.39. The number of piperidine rings is 1. The topological polar surface area (TPSA) is 54.9 Å². The number of pyridine rings is 1. The van der Waals surface area contributed by atoms with Crippen molar-refractivity contribution in [3.63, 3.8) is 0 Å². The molecular weight excluding hydrogens is 565 g/mol. The molecular formula is C35H41ClFN3O3. The van der Waals surface area contributed by atoms with Crippen molar-refractivity contribution < 1.29 is 18.7 Å². The number of hydrogen-bond acceptors (Lipinski definition) is 6. The lowest BCUT2D eigenvalue weighted by atomic mass is 9.93. The predicted octanol–water partition coefficient (Wildman–Crippen LogP) is 7.45. The van der Waals surface area contributed by atoms with Gasteiger partial charge in [-0.15, -0.1) is 0 Å². The van der Waals surface area contributed by atoms with Gasteiger partial charge in [-0.3, -0.25) is 9.69 Å². The Labute approximate surface area is 259 Å². The van der Waals surface area contributed by atoms with Crippen LogP contribution in [0.2, 0.25) is 5.02 Å². The van der Waals surface area contributed by atoms with Gasteiger partial charge in [0.05, 0.1) is 0 Å². The van der Waals surface area contributed by atoms with Gasteiger partial charge in [-0.2, -0.15) is 0 Å². The number of ether oxygens (including phenoxy) is 2. The van der Waals surface area contributed by atoms with Gasteiger partial charge in [-0.25, -0.2) is 9.37 Å². The van der Waals surface area contributed by atoms with E-state index in [1.807, 2.05) is 36.4 Å². The second kappa shape index (κ2) is 14.0. The van der Waals surface area contributed by atoms with Crippen LogP contribution in [0.5, 0.6) is 5.88 Å². The van der Waals surface area contributed by atoms with Gasteiger partial charge in [-0.05, 0) is 87.9 Å². The largest absolute Gasteiger partial charge is 0.473 e. The first-order valence-corrected chi connectivity index (χ1v) is 15.4. The molecule has 1 saturated carbocycles. The van der Waals surface area contributed by atoms with Gasteiger partial charge in [0.25, 0.3) is 0 Å². The van der Waals surface area contributed by atoms with Gasteiger partial charge in [-0.1, -0.05) is 42.4 Å². The number of rotatable bonds is 13. The van der Waals surface area contributed by atoms with Gasteiger partial charge in [0.1, 0.15) is 12.4 Å². The summed E-state index contributed by atoms with van der Waals surface area (Å²) in [5.41, 5.74) is 5.42. The first kappa shape index (κ1) is 31.2. The predicted molar refractivity (Wildman–Crippen MR) is 170 cm³/mol. The maximum Gasteiger partial charge on any atom is 0.213 e. The molecule has 2 aromatic carbocycles. The Morgan fingerprint density at radius 1 is 1.14 bits per heavy atom. The number of hydrogen-bond donors (Lipinski definition) is 0. The molecule has 1 aliphatic heterocycles. The van der Waals surface area contributed by atoms with Crippen LogP contribution in [0.25, 0.3) is 0 Å². The number of halogens is 2. The number of methoxy groups -OCH3 is 1. The Hall–Kier alpha value is -3.26. The van der Waals surface area contributed by atoms with Crippen molar-refractivity contribution in [3.8, 4) is 5.88 Å². The van der Waals surface area contributed by atoms with E-state index in [1.165, 1.54) is 6.07 Å². The summed E-state index contributed by atoms with van der Waals surface area (Å²) in [4.78, 5) is 21.7. The van der Waals surface area contributed by atoms with Gasteiger partial charge in [0, 0.05) is 72.0 Å². The number of likely N-dealkylation sites (tertiary alicyclic amines) is 1. The number of carbonyl (C=O) groups excluding carboxylic acids is 1. The van der Waals surface area contributed by atoms with Crippen molar-refractivity contribution in [3.05, 3.63) is 100 Å². The Morgan fingerprint density at radius 2 is 1.93 bits per heavy atom. The van der Waals surface area contributed by atoms with Crippen LogP contribution >= 0.6 is 11.6 Å². The highest BCUT2D eigenvalue weighted by Crippen LogP contribution is 2.41.